The van der Waals surface area contributed by atoms with Gasteiger partial charge in [-0.3, -0.25) is 19.4 Å². The van der Waals surface area contributed by atoms with Gasteiger partial charge in [0.05, 0.1) is 41.3 Å². The smallest absolute Gasteiger partial charge is 0.410 e. The molecule has 14 heteroatoms. The number of Topliss-reactive ketones (excluding diaryl/α,β-unsaturated/α-hetero) is 2. The number of hydrogen-bond acceptors (Lipinski definition) is 13. The number of rotatable bonds is 10. The van der Waals surface area contributed by atoms with Gasteiger partial charge in [-0.1, -0.05) is 45.9 Å². The molecule has 3 fully saturated rings. The molecule has 0 radical (unpaired) electrons. The van der Waals surface area contributed by atoms with E-state index in [-0.39, 0.29) is 37.3 Å². The highest BCUT2D eigenvalue weighted by Crippen LogP contribution is 2.43. The number of nitrogens with zero attached hydrogens (tertiary/aromatic N) is 3. The maximum atomic E-state index is 14.7. The number of fused-ring (bicyclic) bond motifs is 2. The molecule has 3 saturated heterocycles. The summed E-state index contributed by atoms with van der Waals surface area (Å²) in [6.07, 6.45) is -1.79. The molecule has 1 amide bonds. The third-order valence-electron chi connectivity index (χ3n) is 12.7. The molecule has 0 aliphatic carbocycles. The first-order valence-electron chi connectivity index (χ1n) is 20.4. The number of benzene rings is 1. The van der Waals surface area contributed by atoms with Crippen molar-refractivity contribution in [3.05, 3.63) is 36.5 Å². The van der Waals surface area contributed by atoms with Gasteiger partial charge in [-0.15, -0.1) is 0 Å². The van der Waals surface area contributed by atoms with Crippen molar-refractivity contribution in [2.45, 2.75) is 135 Å². The van der Waals surface area contributed by atoms with Gasteiger partial charge in [-0.2, -0.15) is 0 Å². The van der Waals surface area contributed by atoms with Gasteiger partial charge >= 0.3 is 12.1 Å². The normalized spacial score (nSPS) is 37.1. The molecule has 1 aromatic heterocycles. The number of hydrogen-bond donors (Lipinski definition) is 2. The maximum Gasteiger partial charge on any atom is 0.410 e. The summed E-state index contributed by atoms with van der Waals surface area (Å²) >= 11 is 0. The lowest BCUT2D eigenvalue weighted by molar-refractivity contribution is -0.295. The Morgan fingerprint density at radius 2 is 1.74 bits per heavy atom. The molecule has 0 unspecified atom stereocenters. The van der Waals surface area contributed by atoms with Crippen LogP contribution in [0.25, 0.3) is 10.9 Å². The van der Waals surface area contributed by atoms with Gasteiger partial charge in [0.2, 0.25) is 0 Å². The van der Waals surface area contributed by atoms with Crippen molar-refractivity contribution in [2.75, 3.05) is 39.6 Å². The average Bonchev–Trinajstić information content (AvgIpc) is 3.45. The largest absolute Gasteiger partial charge is 0.458 e. The van der Waals surface area contributed by atoms with Crippen LogP contribution in [0.4, 0.5) is 10.5 Å². The van der Waals surface area contributed by atoms with E-state index >= 15 is 0 Å². The van der Waals surface area contributed by atoms with Crippen LogP contribution in [-0.4, -0.2) is 132 Å². The monoisotopic (exact) mass is 796 g/mol. The lowest BCUT2D eigenvalue weighted by Gasteiger charge is -2.47. The van der Waals surface area contributed by atoms with Gasteiger partial charge in [-0.05, 0) is 79.6 Å². The van der Waals surface area contributed by atoms with E-state index in [1.165, 1.54) is 14.0 Å². The van der Waals surface area contributed by atoms with Crippen LogP contribution >= 0.6 is 0 Å². The zero-order chi connectivity index (χ0) is 42.0. The molecular formula is C43H64N4O10. The summed E-state index contributed by atoms with van der Waals surface area (Å²) in [5.41, 5.74) is -0.944. The number of cyclic esters (lactones) is 1. The van der Waals surface area contributed by atoms with Crippen molar-refractivity contribution in [2.24, 2.45) is 23.7 Å². The number of nitrogens with one attached hydrogen (secondary N) is 1. The summed E-state index contributed by atoms with van der Waals surface area (Å²) in [4.78, 5) is 64.8. The second kappa shape index (κ2) is 18.1. The second-order valence-electron chi connectivity index (χ2n) is 17.1. The highest BCUT2D eigenvalue weighted by molar-refractivity contribution is 6.00. The van der Waals surface area contributed by atoms with Crippen molar-refractivity contribution in [3.8, 4) is 0 Å². The van der Waals surface area contributed by atoms with Crippen molar-refractivity contribution in [1.82, 2.24) is 14.8 Å². The van der Waals surface area contributed by atoms with Gasteiger partial charge in [0.25, 0.3) is 0 Å². The van der Waals surface area contributed by atoms with Gasteiger partial charge in [-0.25, -0.2) is 4.79 Å². The first-order valence-corrected chi connectivity index (χ1v) is 20.4. The first-order chi connectivity index (χ1) is 26.9. The maximum absolute atomic E-state index is 14.7. The summed E-state index contributed by atoms with van der Waals surface area (Å²) in [6.45, 7) is 14.7. The van der Waals surface area contributed by atoms with Crippen LogP contribution in [0.15, 0.2) is 36.5 Å². The minimum Gasteiger partial charge on any atom is -0.458 e. The Bertz CT molecular complexity index is 1760. The minimum absolute atomic E-state index is 0.127. The van der Waals surface area contributed by atoms with Gasteiger partial charge < -0.3 is 43.9 Å². The number of carbonyl (C=O) groups excluding carboxylic acids is 4. The van der Waals surface area contributed by atoms with Crippen molar-refractivity contribution in [3.63, 3.8) is 0 Å². The molecule has 0 spiro atoms. The number of carbonyl (C=O) groups is 4. The topological polar surface area (TPSA) is 166 Å². The number of ketones is 2. The summed E-state index contributed by atoms with van der Waals surface area (Å²) < 4.78 is 31.2. The standard InChI is InChI=1S/C43H64N4O10/c1-12-33-43(8)37(47(41(52)57-43)19-15-18-44-30-21-29-16-13-14-17-31(29)45-23-30)26(4)34(48)24(2)22-42(7,53-11)38(27(5)35(49)28(6)39(51)55-33)56-40-36(50)32(46(9)10)20-25(3)54-40/h13-14,16-17,21,23-28,32-33,36-38,40,44,50H,12,15,18-20,22H2,1-11H3/t24-,25-,26+,27+,28-,32+,33-,36-,37-,38-,40+,42-,43-/m1/s1. The number of pyridine rings is 1. The van der Waals surface area contributed by atoms with Gasteiger partial charge in [0.1, 0.15) is 23.9 Å². The number of para-hydroxylation sites is 1. The van der Waals surface area contributed by atoms with E-state index in [0.717, 1.165) is 16.6 Å². The molecule has 2 aromatic rings. The molecule has 0 saturated carbocycles. The van der Waals surface area contributed by atoms with E-state index in [1.807, 2.05) is 70.1 Å². The number of esters is 1. The van der Waals surface area contributed by atoms with Gasteiger partial charge in [0.15, 0.2) is 17.7 Å². The van der Waals surface area contributed by atoms with E-state index in [0.29, 0.717) is 19.4 Å². The fourth-order valence-corrected chi connectivity index (χ4v) is 9.36. The van der Waals surface area contributed by atoms with Crippen molar-refractivity contribution >= 4 is 40.2 Å². The van der Waals surface area contributed by atoms with Crippen LogP contribution in [0.1, 0.15) is 81.1 Å². The summed E-state index contributed by atoms with van der Waals surface area (Å²) in [5.74, 6) is -4.97. The highest BCUT2D eigenvalue weighted by Gasteiger charge is 2.60. The molecular weight excluding hydrogens is 732 g/mol. The summed E-state index contributed by atoms with van der Waals surface area (Å²) in [6, 6.07) is 8.78. The summed E-state index contributed by atoms with van der Waals surface area (Å²) in [7, 11) is 5.24. The fourth-order valence-electron chi connectivity index (χ4n) is 9.36. The number of ether oxygens (including phenoxy) is 5. The Hall–Kier alpha value is -3.69. The number of aliphatic hydroxyl groups is 1. The molecule has 2 N–H and O–H groups in total. The zero-order valence-electron chi connectivity index (χ0n) is 35.5. The lowest BCUT2D eigenvalue weighted by Crippen LogP contribution is -2.60. The van der Waals surface area contributed by atoms with Crippen LogP contribution in [0.5, 0.6) is 0 Å². The molecule has 3 aliphatic rings. The van der Waals surface area contributed by atoms with Crippen LogP contribution in [0.2, 0.25) is 0 Å². The molecule has 0 bridgehead atoms. The second-order valence-corrected chi connectivity index (χ2v) is 17.1. The van der Waals surface area contributed by atoms with Crippen LogP contribution in [0, 0.1) is 23.7 Å². The average molecular weight is 797 g/mol. The number of likely N-dealkylation sites (N-methyl/N-ethyl adjacent to an activating group) is 1. The van der Waals surface area contributed by atoms with Crippen molar-refractivity contribution in [1.29, 1.82) is 0 Å². The van der Waals surface area contributed by atoms with Crippen LogP contribution in [0.3, 0.4) is 0 Å². The van der Waals surface area contributed by atoms with E-state index in [9.17, 15) is 24.3 Å². The third kappa shape index (κ3) is 9.15. The van der Waals surface area contributed by atoms with Crippen LogP contribution < -0.4 is 5.32 Å². The number of anilines is 1. The lowest BCUT2D eigenvalue weighted by atomic mass is 9.73. The predicted octanol–water partition coefficient (Wildman–Crippen LogP) is 5.24. The van der Waals surface area contributed by atoms with E-state index in [1.54, 1.807) is 38.8 Å². The molecule has 13 atom stereocenters. The zero-order valence-corrected chi connectivity index (χ0v) is 35.5. The van der Waals surface area contributed by atoms with Crippen molar-refractivity contribution < 1.29 is 48.0 Å². The molecule has 14 nitrogen and oxygen atoms in total. The predicted molar refractivity (Wildman–Crippen MR) is 214 cm³/mol. The molecule has 4 heterocycles. The molecule has 1 aromatic carbocycles. The highest BCUT2D eigenvalue weighted by atomic mass is 16.7. The minimum atomic E-state index is -1.41. The SMILES string of the molecule is CC[C@H]1OC(=O)[C@H](C)C(=O)[C@H](C)[C@@H](O[C@@H]2O[C@H](C)C[C@H](N(C)C)[C@H]2O)[C@](C)(OC)C[C@@H](C)C(=O)[C@H](C)[C@H]2N(CCCNc3cnc4ccccc4c3)C(=O)O[C@]12C. The molecule has 3 aliphatic heterocycles. The summed E-state index contributed by atoms with van der Waals surface area (Å²) in [5, 5.41) is 15.8. The number of methoxy groups -OCH3 is 1. The fraction of sp³-hybridized carbons (Fsp3) is 0.698. The number of amides is 1. The number of aliphatic hydroxyl groups excluding tert-OH is 1. The Morgan fingerprint density at radius 1 is 1.04 bits per heavy atom. The Morgan fingerprint density at radius 3 is 2.40 bits per heavy atom. The van der Waals surface area contributed by atoms with Crippen LogP contribution in [-0.2, 0) is 38.1 Å². The molecule has 316 valence electrons. The van der Waals surface area contributed by atoms with E-state index in [2.05, 4.69) is 10.3 Å². The Balaban J connectivity index is 1.45. The van der Waals surface area contributed by atoms with Gasteiger partial charge in [0, 0.05) is 49.4 Å². The molecule has 57 heavy (non-hydrogen) atoms. The Kier molecular flexibility index (Phi) is 14.1. The third-order valence-corrected chi connectivity index (χ3v) is 12.7. The quantitative estimate of drug-likeness (QED) is 0.182. The molecule has 5 rings (SSSR count). The van der Waals surface area contributed by atoms with E-state index < -0.39 is 83.4 Å². The number of aromatic nitrogens is 1. The first kappa shape index (κ1) is 44.4. The Labute approximate surface area is 337 Å². The van der Waals surface area contributed by atoms with E-state index in [4.69, 9.17) is 23.7 Å².